The van der Waals surface area contributed by atoms with Gasteiger partial charge in [-0.25, -0.2) is 4.98 Å². The van der Waals surface area contributed by atoms with E-state index in [1.54, 1.807) is 37.3 Å². The number of halogens is 1. The maximum atomic E-state index is 12.7. The zero-order valence-corrected chi connectivity index (χ0v) is 21.2. The zero-order valence-electron chi connectivity index (χ0n) is 18.8. The van der Waals surface area contributed by atoms with Crippen LogP contribution in [0.25, 0.3) is 11.3 Å². The summed E-state index contributed by atoms with van der Waals surface area (Å²) in [5, 5.41) is 19.0. The molecular weight excluding hydrogens is 520 g/mol. The molecule has 0 radical (unpaired) electrons. The molecule has 4 rings (SSSR count). The van der Waals surface area contributed by atoms with Gasteiger partial charge in [-0.3, -0.25) is 19.7 Å². The van der Waals surface area contributed by atoms with Gasteiger partial charge >= 0.3 is 0 Å². The average molecular weight is 539 g/mol. The van der Waals surface area contributed by atoms with Crippen LogP contribution >= 0.6 is 34.7 Å². The van der Waals surface area contributed by atoms with Gasteiger partial charge in [0, 0.05) is 44.2 Å². The quantitative estimate of drug-likeness (QED) is 0.146. The maximum absolute atomic E-state index is 12.7. The van der Waals surface area contributed by atoms with E-state index in [4.69, 9.17) is 11.6 Å². The highest BCUT2D eigenvalue weighted by molar-refractivity contribution is 8.00. The number of nitro benzene ring substituents is 1. The van der Waals surface area contributed by atoms with Crippen molar-refractivity contribution in [2.45, 2.75) is 17.1 Å². The number of benzene rings is 3. The van der Waals surface area contributed by atoms with Crippen molar-refractivity contribution in [2.24, 2.45) is 0 Å². The fourth-order valence-corrected chi connectivity index (χ4v) is 4.98. The van der Waals surface area contributed by atoms with Gasteiger partial charge in [0.1, 0.15) is 0 Å². The number of nitrogens with one attached hydrogen (secondary N) is 2. The molecule has 0 bridgehead atoms. The van der Waals surface area contributed by atoms with Gasteiger partial charge in [-0.15, -0.1) is 23.1 Å². The van der Waals surface area contributed by atoms with Gasteiger partial charge in [0.2, 0.25) is 5.91 Å². The Balaban J connectivity index is 1.33. The first-order valence-corrected chi connectivity index (χ1v) is 12.8. The topological polar surface area (TPSA) is 114 Å². The number of non-ortho nitro benzene ring substituents is 1. The third kappa shape index (κ3) is 6.28. The first-order chi connectivity index (χ1) is 17.3. The monoisotopic (exact) mass is 538 g/mol. The molecular formula is C25H19ClN4O4S2. The molecule has 1 aromatic heterocycles. The van der Waals surface area contributed by atoms with Crippen LogP contribution in [0, 0.1) is 10.1 Å². The van der Waals surface area contributed by atoms with Gasteiger partial charge in [0.15, 0.2) is 5.13 Å². The van der Waals surface area contributed by atoms with Crippen LogP contribution in [0.15, 0.2) is 83.1 Å². The van der Waals surface area contributed by atoms with Crippen LogP contribution in [-0.4, -0.2) is 27.0 Å². The van der Waals surface area contributed by atoms with E-state index >= 15 is 0 Å². The normalized spacial score (nSPS) is 11.5. The highest BCUT2D eigenvalue weighted by Crippen LogP contribution is 2.31. The lowest BCUT2D eigenvalue weighted by atomic mass is 10.2. The predicted octanol–water partition coefficient (Wildman–Crippen LogP) is 6.74. The first-order valence-electron chi connectivity index (χ1n) is 10.6. The number of carbonyl (C=O) groups is 2. The van der Waals surface area contributed by atoms with Crippen molar-refractivity contribution in [3.05, 3.63) is 98.9 Å². The number of hydrogen-bond donors (Lipinski definition) is 2. The van der Waals surface area contributed by atoms with E-state index in [1.807, 2.05) is 23.6 Å². The SMILES string of the molecule is CC(Sc1ccc(NC(=O)c2cccc([N+](=O)[O-])c2)cc1)C(=O)Nc1nc(-c2ccccc2Cl)cs1. The van der Waals surface area contributed by atoms with Crippen molar-refractivity contribution in [2.75, 3.05) is 10.6 Å². The minimum absolute atomic E-state index is 0.153. The number of amides is 2. The van der Waals surface area contributed by atoms with Gasteiger partial charge in [0.05, 0.1) is 15.9 Å². The van der Waals surface area contributed by atoms with Crippen LogP contribution in [0.3, 0.4) is 0 Å². The molecule has 0 saturated carbocycles. The fourth-order valence-electron chi connectivity index (χ4n) is 3.17. The van der Waals surface area contributed by atoms with Gasteiger partial charge < -0.3 is 10.6 Å². The van der Waals surface area contributed by atoms with Gasteiger partial charge in [-0.05, 0) is 43.3 Å². The highest BCUT2D eigenvalue weighted by atomic mass is 35.5. The Morgan fingerprint density at radius 3 is 2.53 bits per heavy atom. The number of nitro groups is 1. The number of anilines is 2. The van der Waals surface area contributed by atoms with Crippen LogP contribution in [0.2, 0.25) is 5.02 Å². The smallest absolute Gasteiger partial charge is 0.270 e. The van der Waals surface area contributed by atoms with Crippen LogP contribution in [0.5, 0.6) is 0 Å². The molecule has 3 aromatic carbocycles. The first kappa shape index (κ1) is 25.4. The van der Waals surface area contributed by atoms with Crippen LogP contribution in [0.1, 0.15) is 17.3 Å². The van der Waals surface area contributed by atoms with Crippen LogP contribution in [-0.2, 0) is 4.79 Å². The van der Waals surface area contributed by atoms with Crippen molar-refractivity contribution < 1.29 is 14.5 Å². The minimum atomic E-state index is -0.549. The average Bonchev–Trinajstić information content (AvgIpc) is 3.33. The Morgan fingerprint density at radius 2 is 1.81 bits per heavy atom. The van der Waals surface area contributed by atoms with E-state index in [0.717, 1.165) is 10.5 Å². The molecule has 182 valence electrons. The Hall–Kier alpha value is -3.73. The summed E-state index contributed by atoms with van der Waals surface area (Å²) in [6.07, 6.45) is 0. The second-order valence-electron chi connectivity index (χ2n) is 7.55. The standard InChI is InChI=1S/C25H19ClN4O4S2/c1-15(23(31)29-25-28-22(14-35-25)20-7-2-3-8-21(20)26)36-19-11-9-17(10-12-19)27-24(32)16-5-4-6-18(13-16)30(33)34/h2-15H,1H3,(H,27,32)(H,28,29,31). The van der Waals surface area contributed by atoms with E-state index in [-0.39, 0.29) is 17.2 Å². The molecule has 4 aromatic rings. The van der Waals surface area contributed by atoms with Crippen molar-refractivity contribution in [3.8, 4) is 11.3 Å². The second kappa shape index (κ2) is 11.3. The van der Waals surface area contributed by atoms with Crippen molar-refractivity contribution in [3.63, 3.8) is 0 Å². The molecule has 0 aliphatic rings. The van der Waals surface area contributed by atoms with E-state index < -0.39 is 16.1 Å². The predicted molar refractivity (Wildman–Crippen MR) is 144 cm³/mol. The molecule has 36 heavy (non-hydrogen) atoms. The lowest BCUT2D eigenvalue weighted by Gasteiger charge is -2.11. The van der Waals surface area contributed by atoms with Crippen molar-refractivity contribution in [1.29, 1.82) is 0 Å². The molecule has 0 fully saturated rings. The molecule has 11 heteroatoms. The zero-order chi connectivity index (χ0) is 25.7. The molecule has 0 aliphatic carbocycles. The summed E-state index contributed by atoms with van der Waals surface area (Å²) in [6, 6.07) is 19.9. The number of carbonyl (C=O) groups excluding carboxylic acids is 2. The maximum Gasteiger partial charge on any atom is 0.270 e. The van der Waals surface area contributed by atoms with Crippen molar-refractivity contribution in [1.82, 2.24) is 4.98 Å². The number of hydrogen-bond acceptors (Lipinski definition) is 7. The van der Waals surface area contributed by atoms with E-state index in [0.29, 0.717) is 21.5 Å². The van der Waals surface area contributed by atoms with Crippen LogP contribution < -0.4 is 10.6 Å². The largest absolute Gasteiger partial charge is 0.322 e. The molecule has 1 unspecified atom stereocenters. The van der Waals surface area contributed by atoms with E-state index in [1.165, 1.54) is 47.4 Å². The molecule has 0 spiro atoms. The summed E-state index contributed by atoms with van der Waals surface area (Å²) >= 11 is 8.91. The lowest BCUT2D eigenvalue weighted by Crippen LogP contribution is -2.22. The Kier molecular flexibility index (Phi) is 7.99. The third-order valence-corrected chi connectivity index (χ3v) is 7.20. The fraction of sp³-hybridized carbons (Fsp3) is 0.0800. The van der Waals surface area contributed by atoms with Gasteiger partial charge in [0.25, 0.3) is 11.6 Å². The number of aromatic nitrogens is 1. The summed E-state index contributed by atoms with van der Waals surface area (Å²) in [6.45, 7) is 1.79. The van der Waals surface area contributed by atoms with Gasteiger partial charge in [-0.2, -0.15) is 0 Å². The summed E-state index contributed by atoms with van der Waals surface area (Å²) in [5.74, 6) is -0.644. The summed E-state index contributed by atoms with van der Waals surface area (Å²) < 4.78 is 0. The molecule has 0 aliphatic heterocycles. The highest BCUT2D eigenvalue weighted by Gasteiger charge is 2.17. The molecule has 8 nitrogen and oxygen atoms in total. The minimum Gasteiger partial charge on any atom is -0.322 e. The summed E-state index contributed by atoms with van der Waals surface area (Å²) in [7, 11) is 0. The molecule has 2 N–H and O–H groups in total. The number of nitrogens with zero attached hydrogens (tertiary/aromatic N) is 2. The van der Waals surface area contributed by atoms with E-state index in [9.17, 15) is 19.7 Å². The lowest BCUT2D eigenvalue weighted by molar-refractivity contribution is -0.384. The van der Waals surface area contributed by atoms with Crippen molar-refractivity contribution >= 4 is 63.0 Å². The molecule has 0 saturated heterocycles. The second-order valence-corrected chi connectivity index (χ2v) is 10.2. The summed E-state index contributed by atoms with van der Waals surface area (Å²) in [4.78, 5) is 40.8. The summed E-state index contributed by atoms with van der Waals surface area (Å²) in [5.41, 5.74) is 2.06. The van der Waals surface area contributed by atoms with E-state index in [2.05, 4.69) is 15.6 Å². The van der Waals surface area contributed by atoms with Crippen LogP contribution in [0.4, 0.5) is 16.5 Å². The molecule has 1 heterocycles. The Morgan fingerprint density at radius 1 is 1.06 bits per heavy atom. The number of rotatable bonds is 8. The molecule has 2 amide bonds. The number of thioether (sulfide) groups is 1. The number of thiazole rings is 1. The molecule has 1 atom stereocenters. The van der Waals surface area contributed by atoms with Gasteiger partial charge in [-0.1, -0.05) is 35.9 Å². The Bertz CT molecular complexity index is 1430. The Labute approximate surface area is 219 Å². The third-order valence-electron chi connectivity index (χ3n) is 5.00.